The molecule has 3 rings (SSSR count). The van der Waals surface area contributed by atoms with Crippen LogP contribution in [-0.2, 0) is 11.3 Å². The summed E-state index contributed by atoms with van der Waals surface area (Å²) >= 11 is 0. The zero-order valence-electron chi connectivity index (χ0n) is 15.3. The molecule has 1 N–H and O–H groups in total. The van der Waals surface area contributed by atoms with E-state index in [1.165, 1.54) is 10.7 Å². The number of hydrogen-bond donors (Lipinski definition) is 1. The fourth-order valence-electron chi connectivity index (χ4n) is 2.65. The Kier molecular flexibility index (Phi) is 5.65. The molecule has 2 heterocycles. The van der Waals surface area contributed by atoms with E-state index in [0.717, 1.165) is 21.6 Å². The number of aromatic nitrogens is 4. The molecule has 0 aliphatic rings. The van der Waals surface area contributed by atoms with E-state index < -0.39 is 0 Å². The SMILES string of the molecule is Cc1cc(C)cc(OCCNC(=O)Cn2nc(-n3cccn3)ccc2=O)c1. The van der Waals surface area contributed by atoms with E-state index in [2.05, 4.69) is 21.6 Å². The number of carbonyl (C=O) groups excluding carboxylic acids is 1. The second-order valence-corrected chi connectivity index (χ2v) is 6.16. The van der Waals surface area contributed by atoms with Gasteiger partial charge in [0.2, 0.25) is 5.91 Å². The van der Waals surface area contributed by atoms with E-state index in [-0.39, 0.29) is 18.0 Å². The molecular weight excluding hydrogens is 346 g/mol. The van der Waals surface area contributed by atoms with Crippen molar-refractivity contribution in [3.05, 3.63) is 70.3 Å². The maximum atomic E-state index is 12.1. The minimum Gasteiger partial charge on any atom is -0.492 e. The Morgan fingerprint density at radius 1 is 1.19 bits per heavy atom. The van der Waals surface area contributed by atoms with Crippen LogP contribution in [0.2, 0.25) is 0 Å². The van der Waals surface area contributed by atoms with Crippen molar-refractivity contribution in [3.63, 3.8) is 0 Å². The van der Waals surface area contributed by atoms with Crippen molar-refractivity contribution in [3.8, 4) is 11.6 Å². The Labute approximate surface area is 156 Å². The van der Waals surface area contributed by atoms with Gasteiger partial charge in [-0.2, -0.15) is 5.10 Å². The van der Waals surface area contributed by atoms with Crippen LogP contribution >= 0.6 is 0 Å². The van der Waals surface area contributed by atoms with Gasteiger partial charge in [-0.1, -0.05) is 6.07 Å². The second kappa shape index (κ2) is 8.31. The normalized spacial score (nSPS) is 10.6. The predicted molar refractivity (Wildman–Crippen MR) is 100 cm³/mol. The third-order valence-corrected chi connectivity index (χ3v) is 3.77. The molecular formula is C19H21N5O3. The molecule has 0 fully saturated rings. The largest absolute Gasteiger partial charge is 0.492 e. The summed E-state index contributed by atoms with van der Waals surface area (Å²) in [5.41, 5.74) is 1.89. The standard InChI is InChI=1S/C19H21N5O3/c1-14-10-15(2)12-16(11-14)27-9-7-20-18(25)13-24-19(26)5-4-17(22-24)23-8-3-6-21-23/h3-6,8,10-12H,7,9,13H2,1-2H3,(H,20,25). The molecule has 0 saturated heterocycles. The van der Waals surface area contributed by atoms with Gasteiger partial charge in [-0.15, -0.1) is 5.10 Å². The number of aryl methyl sites for hydroxylation is 2. The van der Waals surface area contributed by atoms with Crippen LogP contribution in [0, 0.1) is 13.8 Å². The molecule has 1 amide bonds. The quantitative estimate of drug-likeness (QED) is 0.635. The molecule has 0 saturated carbocycles. The van der Waals surface area contributed by atoms with Gasteiger partial charge in [-0.3, -0.25) is 9.59 Å². The first-order chi connectivity index (χ1) is 13.0. The predicted octanol–water partition coefficient (Wildman–Crippen LogP) is 1.24. The molecule has 27 heavy (non-hydrogen) atoms. The number of carbonyl (C=O) groups is 1. The highest BCUT2D eigenvalue weighted by atomic mass is 16.5. The summed E-state index contributed by atoms with van der Waals surface area (Å²) in [7, 11) is 0. The van der Waals surface area contributed by atoms with Crippen molar-refractivity contribution in [2.45, 2.75) is 20.4 Å². The molecule has 0 atom stereocenters. The van der Waals surface area contributed by atoms with Crippen LogP contribution in [-0.4, -0.2) is 38.6 Å². The number of ether oxygens (including phenoxy) is 1. The first kappa shape index (κ1) is 18.4. The Hall–Kier alpha value is -3.42. The van der Waals surface area contributed by atoms with Gasteiger partial charge in [0.05, 0.1) is 6.54 Å². The average molecular weight is 367 g/mol. The van der Waals surface area contributed by atoms with Crippen molar-refractivity contribution in [2.24, 2.45) is 0 Å². The Bertz CT molecular complexity index is 959. The third-order valence-electron chi connectivity index (χ3n) is 3.77. The monoisotopic (exact) mass is 367 g/mol. The van der Waals surface area contributed by atoms with Gasteiger partial charge in [-0.25, -0.2) is 9.36 Å². The Morgan fingerprint density at radius 2 is 1.96 bits per heavy atom. The minimum absolute atomic E-state index is 0.169. The molecule has 3 aromatic rings. The lowest BCUT2D eigenvalue weighted by Gasteiger charge is -2.10. The van der Waals surface area contributed by atoms with Crippen molar-refractivity contribution in [1.29, 1.82) is 0 Å². The summed E-state index contributed by atoms with van der Waals surface area (Å²) in [4.78, 5) is 24.0. The fourth-order valence-corrected chi connectivity index (χ4v) is 2.65. The van der Waals surface area contributed by atoms with Gasteiger partial charge in [0.15, 0.2) is 5.82 Å². The molecule has 0 aliphatic carbocycles. The van der Waals surface area contributed by atoms with E-state index >= 15 is 0 Å². The molecule has 140 valence electrons. The van der Waals surface area contributed by atoms with Crippen LogP contribution in [0.3, 0.4) is 0 Å². The van der Waals surface area contributed by atoms with Crippen LogP contribution in [0.5, 0.6) is 5.75 Å². The van der Waals surface area contributed by atoms with Crippen LogP contribution in [0.4, 0.5) is 0 Å². The van der Waals surface area contributed by atoms with Gasteiger partial charge >= 0.3 is 0 Å². The number of nitrogens with one attached hydrogen (secondary N) is 1. The van der Waals surface area contributed by atoms with Crippen molar-refractivity contribution in [1.82, 2.24) is 24.9 Å². The summed E-state index contributed by atoms with van der Waals surface area (Å²) in [6.45, 7) is 4.51. The van der Waals surface area contributed by atoms with E-state index in [4.69, 9.17) is 4.74 Å². The maximum Gasteiger partial charge on any atom is 0.267 e. The van der Waals surface area contributed by atoms with Crippen molar-refractivity contribution < 1.29 is 9.53 Å². The first-order valence-electron chi connectivity index (χ1n) is 8.57. The zero-order chi connectivity index (χ0) is 19.2. The van der Waals surface area contributed by atoms with Crippen LogP contribution < -0.4 is 15.6 Å². The molecule has 1 aromatic carbocycles. The molecule has 0 bridgehead atoms. The van der Waals surface area contributed by atoms with Crippen molar-refractivity contribution in [2.75, 3.05) is 13.2 Å². The number of amides is 1. The molecule has 2 aromatic heterocycles. The number of hydrogen-bond acceptors (Lipinski definition) is 5. The van der Waals surface area contributed by atoms with Crippen LogP contribution in [0.15, 0.2) is 53.6 Å². The van der Waals surface area contributed by atoms with Gasteiger partial charge in [0.1, 0.15) is 18.9 Å². The summed E-state index contributed by atoms with van der Waals surface area (Å²) in [6, 6.07) is 10.6. The summed E-state index contributed by atoms with van der Waals surface area (Å²) in [5, 5.41) is 10.9. The lowest BCUT2D eigenvalue weighted by Crippen LogP contribution is -2.35. The number of nitrogens with zero attached hydrogens (tertiary/aromatic N) is 4. The smallest absolute Gasteiger partial charge is 0.267 e. The highest BCUT2D eigenvalue weighted by molar-refractivity contribution is 5.75. The van der Waals surface area contributed by atoms with Crippen LogP contribution in [0.25, 0.3) is 5.82 Å². The van der Waals surface area contributed by atoms with Gasteiger partial charge in [0.25, 0.3) is 5.56 Å². The number of rotatable bonds is 7. The molecule has 0 radical (unpaired) electrons. The summed E-state index contributed by atoms with van der Waals surface area (Å²) < 4.78 is 8.28. The first-order valence-corrected chi connectivity index (χ1v) is 8.57. The van der Waals surface area contributed by atoms with Crippen molar-refractivity contribution >= 4 is 5.91 Å². The highest BCUT2D eigenvalue weighted by Gasteiger charge is 2.08. The molecule has 0 spiro atoms. The molecule has 0 aliphatic heterocycles. The Morgan fingerprint density at radius 3 is 2.67 bits per heavy atom. The van der Waals surface area contributed by atoms with E-state index in [1.54, 1.807) is 24.5 Å². The van der Waals surface area contributed by atoms with E-state index in [1.807, 2.05) is 26.0 Å². The van der Waals surface area contributed by atoms with Crippen LogP contribution in [0.1, 0.15) is 11.1 Å². The van der Waals surface area contributed by atoms with E-state index in [0.29, 0.717) is 19.0 Å². The maximum absolute atomic E-state index is 12.1. The van der Waals surface area contributed by atoms with Gasteiger partial charge < -0.3 is 10.1 Å². The van der Waals surface area contributed by atoms with Gasteiger partial charge in [-0.05, 0) is 49.2 Å². The molecule has 8 heteroatoms. The fraction of sp³-hybridized carbons (Fsp3) is 0.263. The highest BCUT2D eigenvalue weighted by Crippen LogP contribution is 2.15. The molecule has 8 nitrogen and oxygen atoms in total. The topological polar surface area (TPSA) is 91.0 Å². The van der Waals surface area contributed by atoms with E-state index in [9.17, 15) is 9.59 Å². The lowest BCUT2D eigenvalue weighted by molar-refractivity contribution is -0.122. The average Bonchev–Trinajstić information content (AvgIpc) is 3.14. The minimum atomic E-state index is -0.354. The second-order valence-electron chi connectivity index (χ2n) is 6.16. The zero-order valence-corrected chi connectivity index (χ0v) is 15.3. The molecule has 0 unspecified atom stereocenters. The Balaban J connectivity index is 1.52. The summed E-state index contributed by atoms with van der Waals surface area (Å²) in [5.74, 6) is 0.920. The third kappa shape index (κ3) is 5.04. The lowest BCUT2D eigenvalue weighted by atomic mass is 10.1. The summed E-state index contributed by atoms with van der Waals surface area (Å²) in [6.07, 6.45) is 3.32. The van der Waals surface area contributed by atoms with Gasteiger partial charge in [0, 0.05) is 18.5 Å². The number of benzene rings is 1.